The standard InChI is InChI=1S/C27H35FN6O/c1-29-8-10-33(3)27-6-5-18(14-30-27)23-12-25(21-11-22(28)26(35-4)13-24(21)31-23)34-16-19-7-9-32(2)15-20(19)17-34/h5-6,11-14,19-20,29H,7-10,15-17H2,1-4H3. The molecule has 0 bridgehead atoms. The molecule has 2 aliphatic rings. The number of piperidine rings is 1. The highest BCUT2D eigenvalue weighted by atomic mass is 19.1. The Morgan fingerprint density at radius 2 is 2.00 bits per heavy atom. The first kappa shape index (κ1) is 23.8. The van der Waals surface area contributed by atoms with Crippen molar-refractivity contribution in [2.75, 3.05) is 77.3 Å². The van der Waals surface area contributed by atoms with Crippen LogP contribution in [0.1, 0.15) is 6.42 Å². The summed E-state index contributed by atoms with van der Waals surface area (Å²) < 4.78 is 20.0. The highest BCUT2D eigenvalue weighted by Gasteiger charge is 2.37. The third-order valence-corrected chi connectivity index (χ3v) is 7.54. The Morgan fingerprint density at radius 1 is 1.17 bits per heavy atom. The van der Waals surface area contributed by atoms with Crippen molar-refractivity contribution in [3.05, 3.63) is 42.3 Å². The zero-order valence-electron chi connectivity index (χ0n) is 21.1. The Hall–Kier alpha value is -2.97. The van der Waals surface area contributed by atoms with Crippen LogP contribution in [0, 0.1) is 17.7 Å². The van der Waals surface area contributed by atoms with Gasteiger partial charge in [0.05, 0.1) is 18.3 Å². The Balaban J connectivity index is 1.53. The van der Waals surface area contributed by atoms with E-state index in [1.165, 1.54) is 13.5 Å². The summed E-state index contributed by atoms with van der Waals surface area (Å²) in [5, 5.41) is 4.00. The maximum absolute atomic E-state index is 14.8. The molecule has 1 N–H and O–H groups in total. The van der Waals surface area contributed by atoms with Crippen molar-refractivity contribution < 1.29 is 9.13 Å². The van der Waals surface area contributed by atoms with Gasteiger partial charge in [-0.05, 0) is 63.2 Å². The van der Waals surface area contributed by atoms with E-state index in [0.29, 0.717) is 11.8 Å². The lowest BCUT2D eigenvalue weighted by Crippen LogP contribution is -2.37. The lowest BCUT2D eigenvalue weighted by molar-refractivity contribution is 0.178. The summed E-state index contributed by atoms with van der Waals surface area (Å²) in [6.45, 7) is 6.00. The summed E-state index contributed by atoms with van der Waals surface area (Å²) in [7, 11) is 7.68. The zero-order chi connectivity index (χ0) is 24.5. The minimum absolute atomic E-state index is 0.212. The number of ether oxygens (including phenoxy) is 1. The Morgan fingerprint density at radius 3 is 2.74 bits per heavy atom. The number of fused-ring (bicyclic) bond motifs is 2. The third-order valence-electron chi connectivity index (χ3n) is 7.54. The summed E-state index contributed by atoms with van der Waals surface area (Å²) >= 11 is 0. The van der Waals surface area contributed by atoms with Gasteiger partial charge in [-0.2, -0.15) is 0 Å². The lowest BCUT2D eigenvalue weighted by Gasteiger charge is -2.31. The van der Waals surface area contributed by atoms with Gasteiger partial charge in [0.15, 0.2) is 11.6 Å². The summed E-state index contributed by atoms with van der Waals surface area (Å²) in [5.74, 6) is 2.08. The van der Waals surface area contributed by atoms with Crippen molar-refractivity contribution in [3.8, 4) is 17.0 Å². The zero-order valence-corrected chi connectivity index (χ0v) is 21.1. The van der Waals surface area contributed by atoms with Gasteiger partial charge >= 0.3 is 0 Å². The molecule has 2 unspecified atom stereocenters. The van der Waals surface area contributed by atoms with Crippen LogP contribution in [0.25, 0.3) is 22.2 Å². The van der Waals surface area contributed by atoms with Gasteiger partial charge in [0.25, 0.3) is 0 Å². The molecular formula is C27H35FN6O. The molecule has 0 amide bonds. The van der Waals surface area contributed by atoms with Gasteiger partial charge in [0.2, 0.25) is 0 Å². The van der Waals surface area contributed by atoms with Gasteiger partial charge in [-0.15, -0.1) is 0 Å². The maximum atomic E-state index is 14.8. The average Bonchev–Trinajstić information content (AvgIpc) is 3.29. The van der Waals surface area contributed by atoms with E-state index in [1.807, 2.05) is 26.4 Å². The molecule has 4 heterocycles. The first-order valence-corrected chi connectivity index (χ1v) is 12.4. The van der Waals surface area contributed by atoms with E-state index in [-0.39, 0.29) is 11.6 Å². The van der Waals surface area contributed by atoms with Crippen molar-refractivity contribution in [2.45, 2.75) is 6.42 Å². The van der Waals surface area contributed by atoms with Gasteiger partial charge in [0, 0.05) is 68.7 Å². The first-order chi connectivity index (χ1) is 17.0. The summed E-state index contributed by atoms with van der Waals surface area (Å²) in [6.07, 6.45) is 3.09. The normalized spacial score (nSPS) is 20.3. The summed E-state index contributed by atoms with van der Waals surface area (Å²) in [6, 6.07) is 9.49. The highest BCUT2D eigenvalue weighted by molar-refractivity contribution is 5.95. The molecule has 2 fully saturated rings. The van der Waals surface area contributed by atoms with Crippen LogP contribution in [-0.2, 0) is 0 Å². The second kappa shape index (κ2) is 9.95. The molecule has 35 heavy (non-hydrogen) atoms. The molecule has 8 heteroatoms. The van der Waals surface area contributed by atoms with Crippen molar-refractivity contribution >= 4 is 22.4 Å². The predicted octanol–water partition coefficient (Wildman–Crippen LogP) is 3.49. The van der Waals surface area contributed by atoms with Crippen molar-refractivity contribution in [3.63, 3.8) is 0 Å². The molecule has 5 rings (SSSR count). The average molecular weight is 479 g/mol. The van der Waals surface area contributed by atoms with Crippen molar-refractivity contribution in [2.24, 2.45) is 11.8 Å². The number of hydrogen-bond donors (Lipinski definition) is 1. The van der Waals surface area contributed by atoms with Crippen LogP contribution in [0.2, 0.25) is 0 Å². The number of likely N-dealkylation sites (tertiary alicyclic amines) is 1. The summed E-state index contributed by atoms with van der Waals surface area (Å²) in [4.78, 5) is 16.6. The molecule has 0 radical (unpaired) electrons. The topological polar surface area (TPSA) is 56.8 Å². The van der Waals surface area contributed by atoms with E-state index in [1.54, 1.807) is 12.1 Å². The monoisotopic (exact) mass is 478 g/mol. The lowest BCUT2D eigenvalue weighted by atomic mass is 9.89. The van der Waals surface area contributed by atoms with Crippen molar-refractivity contribution in [1.82, 2.24) is 20.2 Å². The molecule has 2 aromatic heterocycles. The fourth-order valence-electron chi connectivity index (χ4n) is 5.48. The van der Waals surface area contributed by atoms with Crippen LogP contribution < -0.4 is 19.9 Å². The fraction of sp³-hybridized carbons (Fsp3) is 0.481. The van der Waals surface area contributed by atoms with E-state index < -0.39 is 0 Å². The molecular weight excluding hydrogens is 443 g/mol. The smallest absolute Gasteiger partial charge is 0.165 e. The van der Waals surface area contributed by atoms with Gasteiger partial charge in [-0.3, -0.25) is 0 Å². The Kier molecular flexibility index (Phi) is 6.75. The molecule has 1 aromatic carbocycles. The van der Waals surface area contributed by atoms with E-state index in [4.69, 9.17) is 9.72 Å². The number of hydrogen-bond acceptors (Lipinski definition) is 7. The molecule has 2 aliphatic heterocycles. The number of nitrogens with zero attached hydrogens (tertiary/aromatic N) is 5. The number of rotatable bonds is 7. The number of pyridine rings is 2. The van der Waals surface area contributed by atoms with Crippen LogP contribution in [0.3, 0.4) is 0 Å². The van der Waals surface area contributed by atoms with Gasteiger partial charge in [-0.1, -0.05) is 0 Å². The third kappa shape index (κ3) is 4.77. The molecule has 2 saturated heterocycles. The van der Waals surface area contributed by atoms with Gasteiger partial charge in [-0.25, -0.2) is 14.4 Å². The fourth-order valence-corrected chi connectivity index (χ4v) is 5.48. The number of methoxy groups -OCH3 is 1. The number of anilines is 2. The van der Waals surface area contributed by atoms with Crippen LogP contribution in [0.5, 0.6) is 5.75 Å². The quantitative estimate of drug-likeness (QED) is 0.558. The van der Waals surface area contributed by atoms with Crippen LogP contribution in [-0.4, -0.2) is 82.4 Å². The van der Waals surface area contributed by atoms with Crippen molar-refractivity contribution in [1.29, 1.82) is 0 Å². The van der Waals surface area contributed by atoms with Gasteiger partial charge < -0.3 is 24.8 Å². The molecule has 0 saturated carbocycles. The van der Waals surface area contributed by atoms with E-state index >= 15 is 0 Å². The number of benzene rings is 1. The van der Waals surface area contributed by atoms with E-state index in [2.05, 4.69) is 44.2 Å². The Labute approximate surface area is 206 Å². The highest BCUT2D eigenvalue weighted by Crippen LogP contribution is 2.39. The Bertz CT molecular complexity index is 1190. The first-order valence-electron chi connectivity index (χ1n) is 12.4. The SMILES string of the molecule is CNCCN(C)c1ccc(-c2cc(N3CC4CCN(C)CC4C3)c3cc(F)c(OC)cc3n2)cn1. The summed E-state index contributed by atoms with van der Waals surface area (Å²) in [5.41, 5.74) is 3.56. The van der Waals surface area contributed by atoms with Crippen LogP contribution in [0.4, 0.5) is 15.9 Å². The minimum atomic E-state index is -0.359. The molecule has 7 nitrogen and oxygen atoms in total. The molecule has 0 spiro atoms. The second-order valence-electron chi connectivity index (χ2n) is 9.94. The second-order valence-corrected chi connectivity index (χ2v) is 9.94. The maximum Gasteiger partial charge on any atom is 0.165 e. The molecule has 3 aromatic rings. The minimum Gasteiger partial charge on any atom is -0.494 e. The molecule has 0 aliphatic carbocycles. The number of aromatic nitrogens is 2. The van der Waals surface area contributed by atoms with Crippen LogP contribution >= 0.6 is 0 Å². The number of likely N-dealkylation sites (N-methyl/N-ethyl adjacent to an activating group) is 2. The van der Waals surface area contributed by atoms with E-state index in [0.717, 1.165) is 72.9 Å². The largest absolute Gasteiger partial charge is 0.494 e. The molecule has 186 valence electrons. The number of halogens is 1. The van der Waals surface area contributed by atoms with E-state index in [9.17, 15) is 4.39 Å². The predicted molar refractivity (Wildman–Crippen MR) is 140 cm³/mol. The molecule has 2 atom stereocenters. The van der Waals surface area contributed by atoms with Crippen LogP contribution in [0.15, 0.2) is 36.5 Å². The number of nitrogens with one attached hydrogen (secondary N) is 1. The van der Waals surface area contributed by atoms with Gasteiger partial charge in [0.1, 0.15) is 5.82 Å².